The van der Waals surface area contributed by atoms with Crippen LogP contribution in [0.4, 0.5) is 31.5 Å². The lowest BCUT2D eigenvalue weighted by Gasteiger charge is -2.16. The van der Waals surface area contributed by atoms with E-state index in [-0.39, 0.29) is 0 Å². The first-order chi connectivity index (χ1) is 20.1. The molecule has 0 saturated heterocycles. The van der Waals surface area contributed by atoms with Crippen LogP contribution in [-0.4, -0.2) is 61.4 Å². The Bertz CT molecular complexity index is 1470. The molecule has 1 heterocycles. The molecule has 7 nitrogen and oxygen atoms in total. The van der Waals surface area contributed by atoms with Crippen LogP contribution in [0.5, 0.6) is 17.2 Å². The highest BCUT2D eigenvalue weighted by molar-refractivity contribution is 7.22. The van der Waals surface area contributed by atoms with Crippen molar-refractivity contribution in [2.75, 3.05) is 39.2 Å². The molecule has 0 aliphatic carbocycles. The number of ether oxygens (including phenoxy) is 2. The van der Waals surface area contributed by atoms with Crippen molar-refractivity contribution in [2.24, 2.45) is 0 Å². The van der Waals surface area contributed by atoms with E-state index >= 15 is 0 Å². The third kappa shape index (κ3) is 10.6. The van der Waals surface area contributed by atoms with Gasteiger partial charge in [0.25, 0.3) is 0 Å². The number of fused-ring (bicyclic) bond motifs is 1. The number of thiazole rings is 1. The Morgan fingerprint density at radius 2 is 1.47 bits per heavy atom. The molecule has 0 spiro atoms. The topological polar surface area (TPSA) is 75.1 Å². The lowest BCUT2D eigenvalue weighted by Crippen LogP contribution is -2.21. The van der Waals surface area contributed by atoms with E-state index in [9.17, 15) is 26.3 Å². The molecule has 0 saturated carbocycles. The predicted octanol–water partition coefficient (Wildman–Crippen LogP) is 7.71. The number of rotatable bonds is 10. The summed E-state index contributed by atoms with van der Waals surface area (Å²) in [6.07, 6.45) is -8.48. The molecule has 0 unspecified atom stereocenters. The van der Waals surface area contributed by atoms with Gasteiger partial charge in [-0.05, 0) is 74.6 Å². The van der Waals surface area contributed by atoms with E-state index in [2.05, 4.69) is 21.9 Å². The van der Waals surface area contributed by atoms with Crippen LogP contribution in [0, 0.1) is 0 Å². The number of alkyl halides is 6. The molecule has 0 fully saturated rings. The van der Waals surface area contributed by atoms with Crippen molar-refractivity contribution in [3.8, 4) is 17.2 Å². The Kier molecular flexibility index (Phi) is 11.2. The van der Waals surface area contributed by atoms with Crippen molar-refractivity contribution >= 4 is 32.7 Å². The van der Waals surface area contributed by atoms with Crippen LogP contribution < -0.4 is 14.4 Å². The molecule has 0 radical (unpaired) electrons. The number of hydrogen-bond acceptors (Lipinski definition) is 7. The molecule has 1 N–H and O–H groups in total. The molecule has 232 valence electrons. The minimum absolute atomic E-state index is 0.342. The normalized spacial score (nSPS) is 11.7. The van der Waals surface area contributed by atoms with Gasteiger partial charge in [-0.1, -0.05) is 23.5 Å². The number of carbonyl (C=O) groups is 1. The molecule has 4 rings (SSSR count). The van der Waals surface area contributed by atoms with Gasteiger partial charge in [-0.15, -0.1) is 0 Å². The molecule has 1 aromatic heterocycles. The summed E-state index contributed by atoms with van der Waals surface area (Å²) in [6.45, 7) is 2.37. The van der Waals surface area contributed by atoms with Crippen molar-refractivity contribution in [3.63, 3.8) is 0 Å². The molecule has 3 aromatic carbocycles. The Morgan fingerprint density at radius 1 is 0.884 bits per heavy atom. The zero-order valence-corrected chi connectivity index (χ0v) is 24.2. The van der Waals surface area contributed by atoms with Crippen molar-refractivity contribution in [1.82, 2.24) is 9.88 Å². The summed E-state index contributed by atoms with van der Waals surface area (Å²) in [7, 11) is 6.09. The zero-order valence-electron chi connectivity index (χ0n) is 23.4. The summed E-state index contributed by atoms with van der Waals surface area (Å²) in [6, 6.07) is 18.2. The maximum atomic E-state index is 12.8. The van der Waals surface area contributed by atoms with Gasteiger partial charge in [0.1, 0.15) is 17.2 Å². The summed E-state index contributed by atoms with van der Waals surface area (Å²) in [5.41, 5.74) is 1.27. The van der Waals surface area contributed by atoms with Crippen molar-refractivity contribution in [2.45, 2.75) is 25.3 Å². The molecule has 43 heavy (non-hydrogen) atoms. The summed E-state index contributed by atoms with van der Waals surface area (Å²) >= 11 is 1.53. The van der Waals surface area contributed by atoms with Crippen LogP contribution in [0.15, 0.2) is 66.7 Å². The van der Waals surface area contributed by atoms with Crippen molar-refractivity contribution in [1.29, 1.82) is 0 Å². The highest BCUT2D eigenvalue weighted by atomic mass is 32.1. The van der Waals surface area contributed by atoms with Gasteiger partial charge in [0.05, 0.1) is 22.4 Å². The maximum absolute atomic E-state index is 12.8. The van der Waals surface area contributed by atoms with Crippen LogP contribution >= 0.6 is 11.3 Å². The largest absolute Gasteiger partial charge is 0.494 e. The SMILES string of the molecule is CN(C)CCCOc1ccc(CN(C)c2nc3ccc(Oc4ccc(C(F)(F)F)cc4)cc3s2)cc1.O=C(O)C(F)(F)F. The number of halogens is 6. The molecule has 0 atom stereocenters. The third-order valence-corrected chi connectivity index (χ3v) is 6.83. The Hall–Kier alpha value is -4.04. The number of aromatic nitrogens is 1. The second-order valence-electron chi connectivity index (χ2n) is 9.56. The fourth-order valence-corrected chi connectivity index (χ4v) is 4.53. The molecule has 0 aliphatic heterocycles. The molecular formula is C29H29F6N3O4S. The van der Waals surface area contributed by atoms with Gasteiger partial charge in [-0.2, -0.15) is 26.3 Å². The lowest BCUT2D eigenvalue weighted by atomic mass is 10.2. The quantitative estimate of drug-likeness (QED) is 0.142. The predicted molar refractivity (Wildman–Crippen MR) is 152 cm³/mol. The first-order valence-electron chi connectivity index (χ1n) is 12.8. The van der Waals surface area contributed by atoms with Crippen molar-refractivity contribution < 1.29 is 45.7 Å². The smallest absolute Gasteiger partial charge is 0.490 e. The van der Waals surface area contributed by atoms with Crippen LogP contribution in [0.25, 0.3) is 10.2 Å². The molecule has 0 bridgehead atoms. The van der Waals surface area contributed by atoms with E-state index in [0.29, 0.717) is 24.7 Å². The number of nitrogens with zero attached hydrogens (tertiary/aromatic N) is 3. The van der Waals surface area contributed by atoms with Gasteiger partial charge < -0.3 is 24.4 Å². The molecule has 0 amide bonds. The van der Waals surface area contributed by atoms with E-state index in [0.717, 1.165) is 51.8 Å². The number of hydrogen-bond donors (Lipinski definition) is 1. The van der Waals surface area contributed by atoms with Gasteiger partial charge in [0.15, 0.2) is 5.13 Å². The number of benzene rings is 3. The minimum Gasteiger partial charge on any atom is -0.494 e. The van der Waals surface area contributed by atoms with Crippen molar-refractivity contribution in [3.05, 3.63) is 77.9 Å². The molecular weight excluding hydrogens is 600 g/mol. The molecule has 0 aliphatic rings. The Labute approximate surface area is 247 Å². The summed E-state index contributed by atoms with van der Waals surface area (Å²) < 4.78 is 82.5. The fraction of sp³-hybridized carbons (Fsp3) is 0.310. The maximum Gasteiger partial charge on any atom is 0.490 e. The average Bonchev–Trinajstić information content (AvgIpc) is 3.35. The monoisotopic (exact) mass is 629 g/mol. The molecule has 4 aromatic rings. The van der Waals surface area contributed by atoms with Crippen LogP contribution in [0.2, 0.25) is 0 Å². The second kappa shape index (κ2) is 14.4. The fourth-order valence-electron chi connectivity index (χ4n) is 3.57. The van der Waals surface area contributed by atoms with Gasteiger partial charge in [0.2, 0.25) is 0 Å². The number of aliphatic carboxylic acids is 1. The first-order valence-corrected chi connectivity index (χ1v) is 13.6. The zero-order chi connectivity index (χ0) is 31.8. The van der Waals surface area contributed by atoms with E-state index in [1.807, 2.05) is 45.4 Å². The average molecular weight is 630 g/mol. The number of carboxylic acid groups (broad SMARTS) is 1. The van der Waals surface area contributed by atoms with Gasteiger partial charge in [-0.25, -0.2) is 9.78 Å². The number of anilines is 1. The van der Waals surface area contributed by atoms with Gasteiger partial charge >= 0.3 is 18.3 Å². The highest BCUT2D eigenvalue weighted by Crippen LogP contribution is 2.34. The van der Waals surface area contributed by atoms with Gasteiger partial charge in [0, 0.05) is 26.2 Å². The summed E-state index contributed by atoms with van der Waals surface area (Å²) in [4.78, 5) is 17.8. The highest BCUT2D eigenvalue weighted by Gasteiger charge is 2.38. The van der Waals surface area contributed by atoms with E-state index in [1.54, 1.807) is 6.07 Å². The lowest BCUT2D eigenvalue weighted by molar-refractivity contribution is -0.192. The van der Waals surface area contributed by atoms with Crippen LogP contribution in [0.3, 0.4) is 0 Å². The molecule has 14 heteroatoms. The second-order valence-corrected chi connectivity index (χ2v) is 10.6. The standard InChI is InChI=1S/C27H28F3N3O2S.C2HF3O2/c1-32(2)15-4-16-34-21-9-5-19(6-10-21)18-33(3)26-31-24-14-13-23(17-25(24)36-26)35-22-11-7-20(8-12-22)27(28,29)30;3-2(4,5)1(6)7/h5-14,17H,4,15-16,18H2,1-3H3;(H,6,7). The van der Waals surface area contributed by atoms with Crippen LogP contribution in [0.1, 0.15) is 17.5 Å². The Balaban J connectivity index is 0.000000646. The summed E-state index contributed by atoms with van der Waals surface area (Å²) in [5.74, 6) is -1.01. The Morgan fingerprint density at radius 3 is 2.02 bits per heavy atom. The first kappa shape index (κ1) is 33.5. The van der Waals surface area contributed by atoms with Crippen LogP contribution in [-0.2, 0) is 17.5 Å². The van der Waals surface area contributed by atoms with Gasteiger partial charge in [-0.3, -0.25) is 0 Å². The van der Waals surface area contributed by atoms with E-state index in [1.165, 1.54) is 23.5 Å². The third-order valence-electron chi connectivity index (χ3n) is 5.70. The minimum atomic E-state index is -5.08. The van der Waals surface area contributed by atoms with E-state index < -0.39 is 23.9 Å². The number of carboxylic acids is 1. The summed E-state index contributed by atoms with van der Waals surface area (Å²) in [5, 5.41) is 7.99. The van der Waals surface area contributed by atoms with E-state index in [4.69, 9.17) is 24.4 Å².